The summed E-state index contributed by atoms with van der Waals surface area (Å²) in [5, 5.41) is 17.9. The van der Waals surface area contributed by atoms with Gasteiger partial charge >= 0.3 is 18.1 Å². The molecule has 0 bridgehead atoms. The van der Waals surface area contributed by atoms with Crippen LogP contribution in [0.25, 0.3) is 10.9 Å². The number of aliphatic hydroxyl groups is 1. The molecule has 13 atom stereocenters. The summed E-state index contributed by atoms with van der Waals surface area (Å²) in [4.78, 5) is 77.4. The molecule has 4 heterocycles. The number of nitrogens with one attached hydrogen (secondary N) is 2. The van der Waals surface area contributed by atoms with Crippen molar-refractivity contribution in [3.63, 3.8) is 0 Å². The first-order valence-electron chi connectivity index (χ1n) is 20.6. The summed E-state index contributed by atoms with van der Waals surface area (Å²) in [6.07, 6.45) is -3.02. The van der Waals surface area contributed by atoms with E-state index in [4.69, 9.17) is 23.7 Å². The van der Waals surface area contributed by atoms with Gasteiger partial charge in [-0.05, 0) is 78.7 Å². The van der Waals surface area contributed by atoms with Crippen LogP contribution < -0.4 is 10.6 Å². The van der Waals surface area contributed by atoms with Crippen LogP contribution in [0.2, 0.25) is 0 Å². The second-order valence-corrected chi connectivity index (χ2v) is 17.2. The fourth-order valence-corrected chi connectivity index (χ4v) is 9.27. The van der Waals surface area contributed by atoms with Crippen molar-refractivity contribution in [2.75, 3.05) is 27.9 Å². The van der Waals surface area contributed by atoms with Gasteiger partial charge in [0.25, 0.3) is 0 Å². The fourth-order valence-electron chi connectivity index (χ4n) is 9.27. The number of pyridine rings is 1. The molecule has 16 nitrogen and oxygen atoms in total. The van der Waals surface area contributed by atoms with E-state index in [2.05, 4.69) is 15.6 Å². The van der Waals surface area contributed by atoms with E-state index in [0.717, 1.165) is 16.5 Å². The Bertz CT molecular complexity index is 1860. The predicted molar refractivity (Wildman–Crippen MR) is 217 cm³/mol. The van der Waals surface area contributed by atoms with Crippen molar-refractivity contribution in [2.24, 2.45) is 23.7 Å². The van der Waals surface area contributed by atoms with Crippen molar-refractivity contribution < 1.29 is 52.8 Å². The van der Waals surface area contributed by atoms with Crippen molar-refractivity contribution in [1.82, 2.24) is 25.4 Å². The predicted octanol–water partition coefficient (Wildman–Crippen LogP) is 4.20. The highest BCUT2D eigenvalue weighted by atomic mass is 16.7. The number of aromatic nitrogens is 1. The van der Waals surface area contributed by atoms with Crippen molar-refractivity contribution in [1.29, 1.82) is 0 Å². The van der Waals surface area contributed by atoms with Crippen LogP contribution in [0, 0.1) is 23.7 Å². The third-order valence-corrected chi connectivity index (χ3v) is 12.7. The van der Waals surface area contributed by atoms with E-state index in [1.807, 2.05) is 56.3 Å². The molecule has 3 aliphatic heterocycles. The summed E-state index contributed by atoms with van der Waals surface area (Å²) < 4.78 is 30.9. The molecule has 1 aromatic heterocycles. The van der Waals surface area contributed by atoms with Crippen LogP contribution >= 0.6 is 0 Å². The van der Waals surface area contributed by atoms with Crippen molar-refractivity contribution in [3.05, 3.63) is 42.1 Å². The maximum atomic E-state index is 14.7. The molecule has 5 rings (SSSR count). The zero-order valence-corrected chi connectivity index (χ0v) is 36.2. The second kappa shape index (κ2) is 18.6. The highest BCUT2D eigenvalue weighted by Crippen LogP contribution is 2.43. The minimum Gasteiger partial charge on any atom is -0.458 e. The van der Waals surface area contributed by atoms with Crippen LogP contribution in [0.15, 0.2) is 36.5 Å². The van der Waals surface area contributed by atoms with Gasteiger partial charge in [-0.2, -0.15) is 0 Å². The Morgan fingerprint density at radius 3 is 2.41 bits per heavy atom. The molecule has 0 spiro atoms. The van der Waals surface area contributed by atoms with E-state index in [1.54, 1.807) is 47.7 Å². The Kier molecular flexibility index (Phi) is 14.4. The quantitative estimate of drug-likeness (QED) is 0.241. The Morgan fingerprint density at radius 1 is 1.03 bits per heavy atom. The number of benzene rings is 1. The lowest BCUT2D eigenvalue weighted by Crippen LogP contribution is -2.60. The highest BCUT2D eigenvalue weighted by molar-refractivity contribution is 6.00. The van der Waals surface area contributed by atoms with Gasteiger partial charge in [0.05, 0.1) is 36.0 Å². The van der Waals surface area contributed by atoms with Crippen LogP contribution in [-0.2, 0) is 44.6 Å². The number of cyclic esters (lactones) is 1. The monoisotopic (exact) mass is 825 g/mol. The number of ether oxygens (including phenoxy) is 5. The van der Waals surface area contributed by atoms with Gasteiger partial charge in [0, 0.05) is 49.0 Å². The number of ketones is 2. The van der Waals surface area contributed by atoms with E-state index in [0.29, 0.717) is 6.42 Å². The molecule has 0 aliphatic carbocycles. The number of aliphatic hydroxyl groups excluding tert-OH is 1. The first kappa shape index (κ1) is 45.9. The number of amides is 3. The number of carbonyl (C=O) groups is 5. The highest BCUT2D eigenvalue weighted by Gasteiger charge is 2.60. The summed E-state index contributed by atoms with van der Waals surface area (Å²) in [6.45, 7) is 13.3. The number of esters is 1. The average molecular weight is 826 g/mol. The molecular weight excluding hydrogens is 762 g/mol. The molecule has 3 aliphatic rings. The number of Topliss-reactive ketones (excluding diaryl/α,β-unsaturated/α-hetero) is 2. The zero-order chi connectivity index (χ0) is 43.6. The van der Waals surface area contributed by atoms with Crippen molar-refractivity contribution >= 4 is 40.6 Å². The minimum atomic E-state index is -1.56. The lowest BCUT2D eigenvalue weighted by Gasteiger charge is -2.47. The number of methoxy groups -OCH3 is 1. The van der Waals surface area contributed by atoms with E-state index in [1.165, 1.54) is 18.9 Å². The molecule has 0 saturated carbocycles. The van der Waals surface area contributed by atoms with Crippen molar-refractivity contribution in [3.8, 4) is 0 Å². The molecule has 3 fully saturated rings. The smallest absolute Gasteiger partial charge is 0.412 e. The van der Waals surface area contributed by atoms with E-state index >= 15 is 0 Å². The molecule has 0 radical (unpaired) electrons. The van der Waals surface area contributed by atoms with Crippen LogP contribution in [0.5, 0.6) is 0 Å². The summed E-state index contributed by atoms with van der Waals surface area (Å²) in [7, 11) is 5.17. The number of hydrogen-bond donors (Lipinski definition) is 3. The molecule has 3 N–H and O–H groups in total. The standard InChI is InChI=1S/C43H63N5O11/c1-12-32-43(8)36(48(41(54)59-43)22-46-40(53)45-21-28-15-16-29-14-13-17-44-30(29)19-28)25(4)33(49)23(2)20-42(7,55-11)37(26(5)34(50)27(6)38(52)57-32)58-39-35(51)31(47(9)10)18-24(3)56-39/h13-17,19,23-27,31-32,35-37,39,51H,12,18,20-22H2,1-11H3,(H2,45,46,53)/t23-,24-,25+,26+,27-,31+,32-,35-,36-,37-,39+,42-,43-/m1/s1. The first-order valence-corrected chi connectivity index (χ1v) is 20.6. The zero-order valence-electron chi connectivity index (χ0n) is 36.2. The van der Waals surface area contributed by atoms with Crippen molar-refractivity contribution in [2.45, 2.75) is 135 Å². The number of nitrogens with zero attached hydrogens (tertiary/aromatic N) is 3. The molecular formula is C43H63N5O11. The molecule has 0 unspecified atom stereocenters. The number of rotatable bonds is 9. The van der Waals surface area contributed by atoms with Gasteiger partial charge in [0.1, 0.15) is 23.9 Å². The molecule has 3 amide bonds. The fraction of sp³-hybridized carbons (Fsp3) is 0.674. The van der Waals surface area contributed by atoms with Gasteiger partial charge in [-0.25, -0.2) is 9.59 Å². The normalized spacial score (nSPS) is 36.2. The molecule has 59 heavy (non-hydrogen) atoms. The van der Waals surface area contributed by atoms with E-state index in [-0.39, 0.29) is 44.0 Å². The summed E-state index contributed by atoms with van der Waals surface area (Å²) in [6, 6.07) is 7.58. The van der Waals surface area contributed by atoms with Gasteiger partial charge in [-0.3, -0.25) is 24.3 Å². The van der Waals surface area contributed by atoms with Gasteiger partial charge in [-0.1, -0.05) is 45.9 Å². The van der Waals surface area contributed by atoms with Gasteiger partial charge < -0.3 is 44.3 Å². The van der Waals surface area contributed by atoms with E-state index in [9.17, 15) is 29.1 Å². The Hall–Kier alpha value is -4.22. The largest absolute Gasteiger partial charge is 0.458 e. The topological polar surface area (TPSA) is 195 Å². The molecule has 326 valence electrons. The lowest BCUT2D eigenvalue weighted by atomic mass is 9.73. The first-order chi connectivity index (χ1) is 27.8. The molecule has 3 saturated heterocycles. The van der Waals surface area contributed by atoms with Gasteiger partial charge in [0.2, 0.25) is 0 Å². The third kappa shape index (κ3) is 9.57. The maximum absolute atomic E-state index is 14.7. The molecule has 2 aromatic rings. The van der Waals surface area contributed by atoms with Crippen LogP contribution in [0.4, 0.5) is 9.59 Å². The average Bonchev–Trinajstić information content (AvgIpc) is 3.47. The third-order valence-electron chi connectivity index (χ3n) is 12.7. The summed E-state index contributed by atoms with van der Waals surface area (Å²) >= 11 is 0. The number of fused-ring (bicyclic) bond motifs is 2. The number of hydrogen-bond acceptors (Lipinski definition) is 13. The van der Waals surface area contributed by atoms with Gasteiger partial charge in [0.15, 0.2) is 17.7 Å². The molecule has 16 heteroatoms. The van der Waals surface area contributed by atoms with Crippen LogP contribution in [0.3, 0.4) is 0 Å². The Labute approximate surface area is 347 Å². The number of likely N-dealkylation sites (N-methyl/N-ethyl adjacent to an activating group) is 1. The Morgan fingerprint density at radius 2 is 1.75 bits per heavy atom. The van der Waals surface area contributed by atoms with Crippen LogP contribution in [0.1, 0.15) is 80.2 Å². The summed E-state index contributed by atoms with van der Waals surface area (Å²) in [5.74, 6) is -5.53. The van der Waals surface area contributed by atoms with Crippen LogP contribution in [-0.4, -0.2) is 131 Å². The SMILES string of the molecule is CC[C@H]1OC(=O)[C@H](C)C(=O)[C@H](C)[C@@H](O[C@@H]2O[C@H](C)C[C@H](N(C)C)[C@H]2O)[C@](C)(OC)C[C@@H](C)C(=O)[C@H](C)[C@H]2N(CNC(=O)NCc3ccc4cccnc4c3)C(=O)O[C@]12C. The minimum absolute atomic E-state index is 0.0592. The van der Waals surface area contributed by atoms with Gasteiger partial charge in [-0.15, -0.1) is 0 Å². The van der Waals surface area contributed by atoms with E-state index < -0.39 is 89.4 Å². The maximum Gasteiger partial charge on any atom is 0.412 e. The second-order valence-electron chi connectivity index (χ2n) is 17.2. The lowest BCUT2D eigenvalue weighted by molar-refractivity contribution is -0.295. The number of urea groups is 1. The molecule has 1 aromatic carbocycles. The Balaban J connectivity index is 1.44. The summed E-state index contributed by atoms with van der Waals surface area (Å²) in [5.41, 5.74) is -1.28. The number of carbonyl (C=O) groups excluding carboxylic acids is 5.